The molecule has 21 heavy (non-hydrogen) atoms. The van der Waals surface area contributed by atoms with E-state index < -0.39 is 0 Å². The van der Waals surface area contributed by atoms with Gasteiger partial charge < -0.3 is 10.1 Å². The summed E-state index contributed by atoms with van der Waals surface area (Å²) in [5, 5.41) is 4.39. The maximum absolute atomic E-state index is 6.16. The molecule has 1 aromatic rings. The molecule has 0 spiro atoms. The second-order valence-corrected chi connectivity index (χ2v) is 6.55. The molecule has 0 bridgehead atoms. The molecule has 0 aromatic heterocycles. The lowest BCUT2D eigenvalue weighted by molar-refractivity contribution is 0.128. The fourth-order valence-electron chi connectivity index (χ4n) is 3.45. The molecule has 2 atom stereocenters. The fraction of sp³-hybridized carbons (Fsp3) is 0.667. The van der Waals surface area contributed by atoms with Gasteiger partial charge in [0, 0.05) is 11.1 Å². The van der Waals surface area contributed by atoms with Crippen molar-refractivity contribution in [2.75, 3.05) is 6.54 Å². The van der Waals surface area contributed by atoms with Crippen molar-refractivity contribution >= 4 is 11.6 Å². The van der Waals surface area contributed by atoms with Crippen molar-refractivity contribution in [1.29, 1.82) is 0 Å². The summed E-state index contributed by atoms with van der Waals surface area (Å²) in [6, 6.07) is 8.13. The molecule has 0 aliphatic heterocycles. The molecule has 2 unspecified atom stereocenters. The van der Waals surface area contributed by atoms with Crippen LogP contribution in [0.15, 0.2) is 24.3 Å². The minimum Gasteiger partial charge on any atom is -0.489 e. The molecule has 1 aromatic carbocycles. The van der Waals surface area contributed by atoms with Crippen molar-refractivity contribution in [3.05, 3.63) is 29.3 Å². The van der Waals surface area contributed by atoms with E-state index >= 15 is 0 Å². The minimum absolute atomic E-state index is 0.159. The van der Waals surface area contributed by atoms with Crippen molar-refractivity contribution in [3.8, 4) is 5.75 Å². The number of rotatable bonds is 6. The highest BCUT2D eigenvalue weighted by Gasteiger charge is 2.28. The first-order chi connectivity index (χ1) is 10.2. The number of likely N-dealkylation sites (N-methyl/N-ethyl adjacent to an activating group) is 1. The third kappa shape index (κ3) is 5.19. The van der Waals surface area contributed by atoms with Gasteiger partial charge in [-0.15, -0.1) is 0 Å². The Kier molecular flexibility index (Phi) is 6.85. The largest absolute Gasteiger partial charge is 0.489 e. The van der Waals surface area contributed by atoms with Crippen LogP contribution in [0, 0.1) is 5.92 Å². The lowest BCUT2D eigenvalue weighted by Crippen LogP contribution is -2.46. The van der Waals surface area contributed by atoms with E-state index in [1.54, 1.807) is 0 Å². The summed E-state index contributed by atoms with van der Waals surface area (Å²) >= 11 is 6.04. The molecule has 1 aliphatic carbocycles. The molecular weight excluding hydrogens is 282 g/mol. The predicted octanol–water partition coefficient (Wildman–Crippen LogP) is 5.06. The molecule has 0 amide bonds. The molecular formula is C18H28ClNO. The third-order valence-electron chi connectivity index (χ3n) is 4.47. The van der Waals surface area contributed by atoms with Crippen molar-refractivity contribution in [2.24, 2.45) is 5.92 Å². The van der Waals surface area contributed by atoms with E-state index in [0.717, 1.165) is 23.2 Å². The van der Waals surface area contributed by atoms with Crippen LogP contribution in [0.4, 0.5) is 0 Å². The number of benzene rings is 1. The first-order valence-corrected chi connectivity index (χ1v) is 8.74. The molecule has 1 N–H and O–H groups in total. The van der Waals surface area contributed by atoms with Crippen LogP contribution in [0.5, 0.6) is 5.75 Å². The SMILES string of the molecule is CCNC(C1CCCCCC1)C(C)Oc1cccc(Cl)c1. The van der Waals surface area contributed by atoms with E-state index in [-0.39, 0.29) is 6.10 Å². The Labute approximate surface area is 134 Å². The molecule has 0 saturated heterocycles. The quantitative estimate of drug-likeness (QED) is 0.742. The van der Waals surface area contributed by atoms with E-state index in [2.05, 4.69) is 19.2 Å². The number of hydrogen-bond acceptors (Lipinski definition) is 2. The van der Waals surface area contributed by atoms with Crippen LogP contribution in [0.25, 0.3) is 0 Å². The first-order valence-electron chi connectivity index (χ1n) is 8.36. The summed E-state index contributed by atoms with van der Waals surface area (Å²) in [6.07, 6.45) is 8.29. The Morgan fingerprint density at radius 3 is 2.57 bits per heavy atom. The van der Waals surface area contributed by atoms with Crippen LogP contribution in [0.2, 0.25) is 5.02 Å². The van der Waals surface area contributed by atoms with Crippen molar-refractivity contribution in [3.63, 3.8) is 0 Å². The number of halogens is 1. The Balaban J connectivity index is 2.01. The molecule has 0 radical (unpaired) electrons. The molecule has 118 valence electrons. The summed E-state index contributed by atoms with van der Waals surface area (Å²) < 4.78 is 6.16. The summed E-state index contributed by atoms with van der Waals surface area (Å²) in [4.78, 5) is 0. The summed E-state index contributed by atoms with van der Waals surface area (Å²) in [5.41, 5.74) is 0. The Hall–Kier alpha value is -0.730. The van der Waals surface area contributed by atoms with Gasteiger partial charge in [0.15, 0.2) is 0 Å². The van der Waals surface area contributed by atoms with Crippen LogP contribution in [0.1, 0.15) is 52.4 Å². The average molecular weight is 310 g/mol. The van der Waals surface area contributed by atoms with Crippen LogP contribution in [-0.2, 0) is 0 Å². The smallest absolute Gasteiger partial charge is 0.121 e. The van der Waals surface area contributed by atoms with Gasteiger partial charge in [-0.25, -0.2) is 0 Å². The van der Waals surface area contributed by atoms with E-state index in [1.807, 2.05) is 24.3 Å². The fourth-order valence-corrected chi connectivity index (χ4v) is 3.63. The number of ether oxygens (including phenoxy) is 1. The highest BCUT2D eigenvalue weighted by molar-refractivity contribution is 6.30. The zero-order valence-corrected chi connectivity index (χ0v) is 14.0. The second-order valence-electron chi connectivity index (χ2n) is 6.12. The standard InChI is InChI=1S/C18H28ClNO/c1-3-20-18(15-9-6-4-5-7-10-15)14(2)21-17-12-8-11-16(19)13-17/h8,11-15,18,20H,3-7,9-10H2,1-2H3. The minimum atomic E-state index is 0.159. The third-order valence-corrected chi connectivity index (χ3v) is 4.71. The Morgan fingerprint density at radius 1 is 1.24 bits per heavy atom. The molecule has 3 heteroatoms. The predicted molar refractivity (Wildman–Crippen MR) is 90.2 cm³/mol. The summed E-state index contributed by atoms with van der Waals surface area (Å²) in [6.45, 7) is 5.35. The summed E-state index contributed by atoms with van der Waals surface area (Å²) in [7, 11) is 0. The van der Waals surface area contributed by atoms with E-state index in [1.165, 1.54) is 38.5 Å². The molecule has 1 saturated carbocycles. The second kappa shape index (κ2) is 8.65. The van der Waals surface area contributed by atoms with Gasteiger partial charge in [0.2, 0.25) is 0 Å². The Bertz CT molecular complexity index is 415. The van der Waals surface area contributed by atoms with Crippen LogP contribution >= 0.6 is 11.6 Å². The normalized spacial score (nSPS) is 19.8. The van der Waals surface area contributed by atoms with Crippen molar-refractivity contribution in [1.82, 2.24) is 5.32 Å². The van der Waals surface area contributed by atoms with E-state index in [0.29, 0.717) is 6.04 Å². The van der Waals surface area contributed by atoms with Crippen molar-refractivity contribution in [2.45, 2.75) is 64.5 Å². The monoisotopic (exact) mass is 309 g/mol. The maximum Gasteiger partial charge on any atom is 0.121 e. The van der Waals surface area contributed by atoms with Crippen molar-refractivity contribution < 1.29 is 4.74 Å². The van der Waals surface area contributed by atoms with Crippen LogP contribution in [-0.4, -0.2) is 18.7 Å². The van der Waals surface area contributed by atoms with Gasteiger partial charge >= 0.3 is 0 Å². The first kappa shape index (κ1) is 16.6. The Morgan fingerprint density at radius 2 is 1.95 bits per heavy atom. The average Bonchev–Trinajstić information content (AvgIpc) is 2.73. The molecule has 1 aliphatic rings. The lowest BCUT2D eigenvalue weighted by Gasteiger charge is -2.32. The van der Waals surface area contributed by atoms with Gasteiger partial charge in [-0.05, 0) is 50.4 Å². The summed E-state index contributed by atoms with van der Waals surface area (Å²) in [5.74, 6) is 1.59. The highest BCUT2D eigenvalue weighted by atomic mass is 35.5. The zero-order valence-electron chi connectivity index (χ0n) is 13.3. The molecule has 2 rings (SSSR count). The van der Waals surface area contributed by atoms with Crippen LogP contribution in [0.3, 0.4) is 0 Å². The van der Waals surface area contributed by atoms with Gasteiger partial charge in [0.25, 0.3) is 0 Å². The van der Waals surface area contributed by atoms with Crippen LogP contribution < -0.4 is 10.1 Å². The maximum atomic E-state index is 6.16. The number of nitrogens with one attached hydrogen (secondary N) is 1. The zero-order chi connectivity index (χ0) is 15.1. The van der Waals surface area contributed by atoms with Gasteiger partial charge in [0.05, 0.1) is 0 Å². The highest BCUT2D eigenvalue weighted by Crippen LogP contribution is 2.28. The van der Waals surface area contributed by atoms with E-state index in [9.17, 15) is 0 Å². The molecule has 2 nitrogen and oxygen atoms in total. The van der Waals surface area contributed by atoms with Gasteiger partial charge in [0.1, 0.15) is 11.9 Å². The van der Waals surface area contributed by atoms with Gasteiger partial charge in [-0.2, -0.15) is 0 Å². The van der Waals surface area contributed by atoms with Gasteiger partial charge in [-0.1, -0.05) is 50.3 Å². The van der Waals surface area contributed by atoms with Gasteiger partial charge in [-0.3, -0.25) is 0 Å². The lowest BCUT2D eigenvalue weighted by atomic mass is 9.88. The molecule has 0 heterocycles. The topological polar surface area (TPSA) is 21.3 Å². The number of hydrogen-bond donors (Lipinski definition) is 1. The van der Waals surface area contributed by atoms with E-state index in [4.69, 9.17) is 16.3 Å². The molecule has 1 fully saturated rings.